The lowest BCUT2D eigenvalue weighted by atomic mass is 10.1. The van der Waals surface area contributed by atoms with Crippen LogP contribution in [0.25, 0.3) is 0 Å². The molecule has 1 N–H and O–H groups in total. The molecular weight excluding hydrogens is 134 g/mol. The summed E-state index contributed by atoms with van der Waals surface area (Å²) in [6.07, 6.45) is 7.23. The second-order valence-electron chi connectivity index (χ2n) is 3.09. The highest BCUT2D eigenvalue weighted by Crippen LogP contribution is 2.02. The van der Waals surface area contributed by atoms with Crippen molar-refractivity contribution in [3.8, 4) is 0 Å². The lowest BCUT2D eigenvalue weighted by Gasteiger charge is -2.10. The van der Waals surface area contributed by atoms with Gasteiger partial charge in [-0.2, -0.15) is 0 Å². The van der Waals surface area contributed by atoms with E-state index in [1.165, 1.54) is 25.7 Å². The van der Waals surface area contributed by atoms with Crippen molar-refractivity contribution in [2.45, 2.75) is 45.6 Å². The van der Waals surface area contributed by atoms with E-state index in [1.807, 2.05) is 6.08 Å². The van der Waals surface area contributed by atoms with Crippen molar-refractivity contribution in [1.29, 1.82) is 0 Å². The molecule has 0 aliphatic heterocycles. The summed E-state index contributed by atoms with van der Waals surface area (Å²) in [4.78, 5) is 0. The van der Waals surface area contributed by atoms with Crippen LogP contribution in [0.2, 0.25) is 0 Å². The van der Waals surface area contributed by atoms with Crippen LogP contribution in [0, 0.1) is 0 Å². The standard InChI is InChI=1S/C10H21N/c1-4-6-7-8-10(3)11-9-5-2/h5,10-11H,2,4,6-9H2,1,3H3. The van der Waals surface area contributed by atoms with E-state index in [4.69, 9.17) is 0 Å². The Hall–Kier alpha value is -0.300. The molecule has 0 amide bonds. The fourth-order valence-corrected chi connectivity index (χ4v) is 1.09. The zero-order valence-electron chi connectivity index (χ0n) is 7.90. The second kappa shape index (κ2) is 7.80. The third-order valence-electron chi connectivity index (χ3n) is 1.85. The van der Waals surface area contributed by atoms with E-state index in [9.17, 15) is 0 Å². The summed E-state index contributed by atoms with van der Waals surface area (Å²) >= 11 is 0. The maximum Gasteiger partial charge on any atom is 0.0134 e. The summed E-state index contributed by atoms with van der Waals surface area (Å²) in [6, 6.07) is 0.652. The maximum atomic E-state index is 3.67. The molecule has 0 aliphatic carbocycles. The minimum Gasteiger partial charge on any atom is -0.311 e. The van der Waals surface area contributed by atoms with Gasteiger partial charge in [-0.3, -0.25) is 0 Å². The summed E-state index contributed by atoms with van der Waals surface area (Å²) in [5.41, 5.74) is 0. The Morgan fingerprint density at radius 1 is 1.45 bits per heavy atom. The number of hydrogen-bond acceptors (Lipinski definition) is 1. The summed E-state index contributed by atoms with van der Waals surface area (Å²) in [7, 11) is 0. The van der Waals surface area contributed by atoms with Gasteiger partial charge >= 0.3 is 0 Å². The molecule has 0 radical (unpaired) electrons. The molecule has 1 atom stereocenters. The van der Waals surface area contributed by atoms with Crippen LogP contribution >= 0.6 is 0 Å². The molecule has 0 bridgehead atoms. The van der Waals surface area contributed by atoms with Crippen LogP contribution in [-0.4, -0.2) is 12.6 Å². The Bertz CT molecular complexity index is 88.9. The first-order chi connectivity index (χ1) is 5.31. The number of hydrogen-bond donors (Lipinski definition) is 1. The molecule has 0 spiro atoms. The lowest BCUT2D eigenvalue weighted by molar-refractivity contribution is 0.509. The van der Waals surface area contributed by atoms with Gasteiger partial charge in [0.15, 0.2) is 0 Å². The molecule has 1 unspecified atom stereocenters. The SMILES string of the molecule is C=CCNC(C)CCCCC. The fourth-order valence-electron chi connectivity index (χ4n) is 1.09. The highest BCUT2D eigenvalue weighted by Gasteiger charge is 1.97. The molecule has 1 nitrogen and oxygen atoms in total. The second-order valence-corrected chi connectivity index (χ2v) is 3.09. The number of nitrogens with one attached hydrogen (secondary N) is 1. The highest BCUT2D eigenvalue weighted by atomic mass is 14.9. The first-order valence-corrected chi connectivity index (χ1v) is 4.65. The van der Waals surface area contributed by atoms with Gasteiger partial charge in [-0.05, 0) is 13.3 Å². The van der Waals surface area contributed by atoms with Crippen LogP contribution < -0.4 is 5.32 Å². The van der Waals surface area contributed by atoms with Crippen molar-refractivity contribution in [1.82, 2.24) is 5.32 Å². The summed E-state index contributed by atoms with van der Waals surface area (Å²) in [5.74, 6) is 0. The van der Waals surface area contributed by atoms with Gasteiger partial charge in [0.1, 0.15) is 0 Å². The molecule has 0 aromatic rings. The Morgan fingerprint density at radius 2 is 2.18 bits per heavy atom. The minimum absolute atomic E-state index is 0.652. The zero-order valence-corrected chi connectivity index (χ0v) is 7.90. The molecular formula is C10H21N. The summed E-state index contributed by atoms with van der Waals surface area (Å²) in [6.45, 7) is 9.08. The van der Waals surface area contributed by atoms with E-state index in [0.717, 1.165) is 6.54 Å². The zero-order chi connectivity index (χ0) is 8.53. The molecule has 0 saturated carbocycles. The van der Waals surface area contributed by atoms with Crippen molar-refractivity contribution in [3.05, 3.63) is 12.7 Å². The van der Waals surface area contributed by atoms with Crippen molar-refractivity contribution < 1.29 is 0 Å². The topological polar surface area (TPSA) is 12.0 Å². The molecule has 0 heterocycles. The van der Waals surface area contributed by atoms with E-state index in [-0.39, 0.29) is 0 Å². The average Bonchev–Trinajstić information content (AvgIpc) is 2.01. The van der Waals surface area contributed by atoms with Gasteiger partial charge in [0.2, 0.25) is 0 Å². The molecule has 0 aromatic carbocycles. The number of unbranched alkanes of at least 4 members (excludes halogenated alkanes) is 2. The van der Waals surface area contributed by atoms with Crippen LogP contribution in [0.3, 0.4) is 0 Å². The van der Waals surface area contributed by atoms with Gasteiger partial charge < -0.3 is 5.32 Å². The predicted molar refractivity (Wildman–Crippen MR) is 51.8 cm³/mol. The Balaban J connectivity index is 3.08. The van der Waals surface area contributed by atoms with E-state index >= 15 is 0 Å². The monoisotopic (exact) mass is 155 g/mol. The predicted octanol–water partition coefficient (Wildman–Crippen LogP) is 2.73. The van der Waals surface area contributed by atoms with Crippen LogP contribution in [0.15, 0.2) is 12.7 Å². The Kier molecular flexibility index (Phi) is 7.59. The summed E-state index contributed by atoms with van der Waals surface area (Å²) < 4.78 is 0. The van der Waals surface area contributed by atoms with Crippen molar-refractivity contribution >= 4 is 0 Å². The van der Waals surface area contributed by atoms with Gasteiger partial charge in [-0.25, -0.2) is 0 Å². The maximum absolute atomic E-state index is 3.67. The molecule has 0 aliphatic rings. The summed E-state index contributed by atoms with van der Waals surface area (Å²) in [5, 5.41) is 3.37. The Morgan fingerprint density at radius 3 is 2.73 bits per heavy atom. The van der Waals surface area contributed by atoms with Gasteiger partial charge in [0.05, 0.1) is 0 Å². The molecule has 1 heteroatoms. The van der Waals surface area contributed by atoms with E-state index < -0.39 is 0 Å². The van der Waals surface area contributed by atoms with Gasteiger partial charge in [-0.1, -0.05) is 32.3 Å². The van der Waals surface area contributed by atoms with E-state index in [2.05, 4.69) is 25.7 Å². The van der Waals surface area contributed by atoms with E-state index in [0.29, 0.717) is 6.04 Å². The van der Waals surface area contributed by atoms with Crippen molar-refractivity contribution in [3.63, 3.8) is 0 Å². The minimum atomic E-state index is 0.652. The molecule has 0 rings (SSSR count). The van der Waals surface area contributed by atoms with Crippen LogP contribution in [0.5, 0.6) is 0 Å². The first kappa shape index (κ1) is 10.7. The van der Waals surface area contributed by atoms with Gasteiger partial charge in [0, 0.05) is 12.6 Å². The number of rotatable bonds is 7. The van der Waals surface area contributed by atoms with Crippen LogP contribution in [0.1, 0.15) is 39.5 Å². The molecule has 11 heavy (non-hydrogen) atoms. The third-order valence-corrected chi connectivity index (χ3v) is 1.85. The smallest absolute Gasteiger partial charge is 0.0134 e. The van der Waals surface area contributed by atoms with Gasteiger partial charge in [-0.15, -0.1) is 6.58 Å². The Labute approximate surface area is 70.9 Å². The highest BCUT2D eigenvalue weighted by molar-refractivity contribution is 4.72. The average molecular weight is 155 g/mol. The molecule has 0 aromatic heterocycles. The normalized spacial score (nSPS) is 12.9. The molecule has 0 fully saturated rings. The quantitative estimate of drug-likeness (QED) is 0.440. The lowest BCUT2D eigenvalue weighted by Crippen LogP contribution is -2.25. The molecule has 66 valence electrons. The third kappa shape index (κ3) is 7.60. The van der Waals surface area contributed by atoms with Crippen molar-refractivity contribution in [2.75, 3.05) is 6.54 Å². The van der Waals surface area contributed by atoms with Crippen LogP contribution in [-0.2, 0) is 0 Å². The van der Waals surface area contributed by atoms with Gasteiger partial charge in [0.25, 0.3) is 0 Å². The first-order valence-electron chi connectivity index (χ1n) is 4.65. The van der Waals surface area contributed by atoms with Crippen LogP contribution in [0.4, 0.5) is 0 Å². The largest absolute Gasteiger partial charge is 0.311 e. The fraction of sp³-hybridized carbons (Fsp3) is 0.800. The molecule has 0 saturated heterocycles. The van der Waals surface area contributed by atoms with E-state index in [1.54, 1.807) is 0 Å². The van der Waals surface area contributed by atoms with Crippen molar-refractivity contribution in [2.24, 2.45) is 0 Å².